The van der Waals surface area contributed by atoms with Gasteiger partial charge in [0.25, 0.3) is 0 Å². The van der Waals surface area contributed by atoms with Crippen LogP contribution in [0.15, 0.2) is 35.5 Å². The number of carbonyl (C=O) groups excluding carboxylic acids is 1. The second-order valence-corrected chi connectivity index (χ2v) is 8.78. The average Bonchev–Trinajstić information content (AvgIpc) is 3.12. The number of nitrogens with one attached hydrogen (secondary N) is 1. The van der Waals surface area contributed by atoms with Gasteiger partial charge in [-0.1, -0.05) is 23.7 Å². The standard InChI is InChI=1S/C21H28ClN5OS/c1-3-23-21(24-8-7-19-25-15-16(2)29-19)27-11-9-26(10-12-27)20(28)14-17-5-4-6-18(22)13-17/h4-6,13,15H,3,7-12,14H2,1-2H3,(H,23,24). The van der Waals surface area contributed by atoms with Crippen molar-refractivity contribution in [1.82, 2.24) is 20.1 Å². The van der Waals surface area contributed by atoms with Crippen molar-refractivity contribution in [2.75, 3.05) is 39.3 Å². The first-order valence-electron chi connectivity index (χ1n) is 10.0. The van der Waals surface area contributed by atoms with Crippen LogP contribution in [0.4, 0.5) is 0 Å². The number of aliphatic imine (C=N–C) groups is 1. The molecule has 1 amide bonds. The third-order valence-electron chi connectivity index (χ3n) is 4.77. The van der Waals surface area contributed by atoms with E-state index in [1.54, 1.807) is 11.3 Å². The van der Waals surface area contributed by atoms with Crippen LogP contribution < -0.4 is 5.32 Å². The Morgan fingerprint density at radius 2 is 2.03 bits per heavy atom. The summed E-state index contributed by atoms with van der Waals surface area (Å²) in [5, 5.41) is 5.16. The summed E-state index contributed by atoms with van der Waals surface area (Å²) in [6, 6.07) is 7.51. The minimum absolute atomic E-state index is 0.146. The van der Waals surface area contributed by atoms with Crippen LogP contribution in [0.5, 0.6) is 0 Å². The molecule has 156 valence electrons. The molecule has 2 aromatic rings. The van der Waals surface area contributed by atoms with Crippen LogP contribution in [0.2, 0.25) is 5.02 Å². The van der Waals surface area contributed by atoms with E-state index in [1.807, 2.05) is 35.4 Å². The van der Waals surface area contributed by atoms with E-state index < -0.39 is 0 Å². The molecule has 8 heteroatoms. The van der Waals surface area contributed by atoms with Crippen molar-refractivity contribution in [3.05, 3.63) is 50.9 Å². The van der Waals surface area contributed by atoms with Gasteiger partial charge in [-0.3, -0.25) is 9.79 Å². The first kappa shape index (κ1) is 21.6. The molecule has 1 N–H and O–H groups in total. The van der Waals surface area contributed by atoms with Gasteiger partial charge in [-0.2, -0.15) is 0 Å². The lowest BCUT2D eigenvalue weighted by molar-refractivity contribution is -0.131. The zero-order valence-electron chi connectivity index (χ0n) is 17.0. The summed E-state index contributed by atoms with van der Waals surface area (Å²) in [6.45, 7) is 8.65. The maximum Gasteiger partial charge on any atom is 0.227 e. The van der Waals surface area contributed by atoms with Gasteiger partial charge in [0.15, 0.2) is 5.96 Å². The summed E-state index contributed by atoms with van der Waals surface area (Å²) in [5.41, 5.74) is 0.956. The van der Waals surface area contributed by atoms with E-state index in [-0.39, 0.29) is 5.91 Å². The number of rotatable bonds is 6. The maximum absolute atomic E-state index is 12.6. The lowest BCUT2D eigenvalue weighted by Crippen LogP contribution is -2.54. The van der Waals surface area contributed by atoms with Gasteiger partial charge in [-0.05, 0) is 31.5 Å². The third kappa shape index (κ3) is 6.44. The molecule has 0 unspecified atom stereocenters. The number of guanidine groups is 1. The Morgan fingerprint density at radius 3 is 2.69 bits per heavy atom. The minimum Gasteiger partial charge on any atom is -0.357 e. The number of nitrogens with zero attached hydrogens (tertiary/aromatic N) is 4. The highest BCUT2D eigenvalue weighted by Crippen LogP contribution is 2.14. The normalized spacial score (nSPS) is 14.9. The van der Waals surface area contributed by atoms with Crippen molar-refractivity contribution < 1.29 is 4.79 Å². The molecule has 1 fully saturated rings. The number of amides is 1. The third-order valence-corrected chi connectivity index (χ3v) is 5.98. The summed E-state index contributed by atoms with van der Waals surface area (Å²) in [6.07, 6.45) is 3.15. The predicted octanol–water partition coefficient (Wildman–Crippen LogP) is 3.00. The Kier molecular flexibility index (Phi) is 7.89. The van der Waals surface area contributed by atoms with E-state index in [0.717, 1.165) is 42.6 Å². The highest BCUT2D eigenvalue weighted by Gasteiger charge is 2.23. The Morgan fingerprint density at radius 1 is 1.28 bits per heavy atom. The molecule has 0 bridgehead atoms. The molecule has 1 aromatic carbocycles. The first-order chi connectivity index (χ1) is 14.0. The molecular weight excluding hydrogens is 406 g/mol. The second-order valence-electron chi connectivity index (χ2n) is 7.02. The highest BCUT2D eigenvalue weighted by molar-refractivity contribution is 7.11. The molecule has 3 rings (SSSR count). The van der Waals surface area contributed by atoms with Crippen LogP contribution in [0.3, 0.4) is 0 Å². The van der Waals surface area contributed by atoms with Gasteiger partial charge in [0, 0.05) is 61.8 Å². The largest absolute Gasteiger partial charge is 0.357 e. The van der Waals surface area contributed by atoms with Gasteiger partial charge < -0.3 is 15.1 Å². The van der Waals surface area contributed by atoms with Crippen molar-refractivity contribution in [2.24, 2.45) is 4.99 Å². The minimum atomic E-state index is 0.146. The SMILES string of the molecule is CCNC(=NCCc1ncc(C)s1)N1CCN(C(=O)Cc2cccc(Cl)c2)CC1. The van der Waals surface area contributed by atoms with Crippen LogP contribution in [0, 0.1) is 6.92 Å². The van der Waals surface area contributed by atoms with E-state index in [9.17, 15) is 4.79 Å². The van der Waals surface area contributed by atoms with Gasteiger partial charge in [0.2, 0.25) is 5.91 Å². The smallest absolute Gasteiger partial charge is 0.227 e. The Hall–Kier alpha value is -2.12. The molecule has 0 spiro atoms. The average molecular weight is 434 g/mol. The van der Waals surface area contributed by atoms with Crippen molar-refractivity contribution in [3.8, 4) is 0 Å². The fourth-order valence-electron chi connectivity index (χ4n) is 3.30. The van der Waals surface area contributed by atoms with Crippen molar-refractivity contribution in [2.45, 2.75) is 26.7 Å². The van der Waals surface area contributed by atoms with Gasteiger partial charge in [0.05, 0.1) is 11.4 Å². The molecule has 1 saturated heterocycles. The number of halogens is 1. The summed E-state index contributed by atoms with van der Waals surface area (Å²) < 4.78 is 0. The number of piperazine rings is 1. The molecule has 1 aliphatic heterocycles. The summed E-state index contributed by atoms with van der Waals surface area (Å²) in [4.78, 5) is 27.2. The highest BCUT2D eigenvalue weighted by atomic mass is 35.5. The van der Waals surface area contributed by atoms with E-state index in [4.69, 9.17) is 16.6 Å². The molecule has 6 nitrogen and oxygen atoms in total. The van der Waals surface area contributed by atoms with Gasteiger partial charge in [-0.15, -0.1) is 11.3 Å². The van der Waals surface area contributed by atoms with E-state index in [1.165, 1.54) is 4.88 Å². The Bertz CT molecular complexity index is 845. The monoisotopic (exact) mass is 433 g/mol. The van der Waals surface area contributed by atoms with Gasteiger partial charge in [-0.25, -0.2) is 4.98 Å². The number of benzene rings is 1. The fourth-order valence-corrected chi connectivity index (χ4v) is 4.29. The van der Waals surface area contributed by atoms with Crippen LogP contribution in [0.25, 0.3) is 0 Å². The number of thiazole rings is 1. The number of hydrogen-bond donors (Lipinski definition) is 1. The first-order valence-corrected chi connectivity index (χ1v) is 11.2. The Labute approximate surface area is 181 Å². The van der Waals surface area contributed by atoms with E-state index in [0.29, 0.717) is 31.1 Å². The quantitative estimate of drug-likeness (QED) is 0.562. The van der Waals surface area contributed by atoms with Crippen LogP contribution in [-0.4, -0.2) is 65.9 Å². The van der Waals surface area contributed by atoms with E-state index in [2.05, 4.69) is 29.0 Å². The number of hydrogen-bond acceptors (Lipinski definition) is 4. The maximum atomic E-state index is 12.6. The lowest BCUT2D eigenvalue weighted by atomic mass is 10.1. The fraction of sp³-hybridized carbons (Fsp3) is 0.476. The summed E-state index contributed by atoms with van der Waals surface area (Å²) in [7, 11) is 0. The molecule has 0 atom stereocenters. The summed E-state index contributed by atoms with van der Waals surface area (Å²) in [5.74, 6) is 1.07. The van der Waals surface area contributed by atoms with Crippen LogP contribution >= 0.6 is 22.9 Å². The number of aryl methyl sites for hydroxylation is 1. The number of aromatic nitrogens is 1. The summed E-state index contributed by atoms with van der Waals surface area (Å²) >= 11 is 7.75. The molecule has 29 heavy (non-hydrogen) atoms. The lowest BCUT2D eigenvalue weighted by Gasteiger charge is -2.36. The van der Waals surface area contributed by atoms with Crippen LogP contribution in [0.1, 0.15) is 22.4 Å². The molecular formula is C21H28ClN5OS. The molecule has 0 aliphatic carbocycles. The molecule has 1 aliphatic rings. The molecule has 0 radical (unpaired) electrons. The van der Waals surface area contributed by atoms with E-state index >= 15 is 0 Å². The van der Waals surface area contributed by atoms with Crippen molar-refractivity contribution in [1.29, 1.82) is 0 Å². The van der Waals surface area contributed by atoms with Crippen molar-refractivity contribution in [3.63, 3.8) is 0 Å². The van der Waals surface area contributed by atoms with Gasteiger partial charge >= 0.3 is 0 Å². The molecule has 1 aromatic heterocycles. The number of carbonyl (C=O) groups is 1. The molecule has 0 saturated carbocycles. The second kappa shape index (κ2) is 10.6. The predicted molar refractivity (Wildman–Crippen MR) is 120 cm³/mol. The van der Waals surface area contributed by atoms with Gasteiger partial charge in [0.1, 0.15) is 0 Å². The van der Waals surface area contributed by atoms with Crippen molar-refractivity contribution >= 4 is 34.8 Å². The zero-order chi connectivity index (χ0) is 20.6. The molecule has 2 heterocycles. The topological polar surface area (TPSA) is 60.8 Å². The Balaban J connectivity index is 1.51. The van der Waals surface area contributed by atoms with Crippen LogP contribution in [-0.2, 0) is 17.6 Å². The zero-order valence-corrected chi connectivity index (χ0v) is 18.6.